The lowest BCUT2D eigenvalue weighted by Crippen LogP contribution is -2.37. The predicted octanol–water partition coefficient (Wildman–Crippen LogP) is 0.412. The molecule has 0 radical (unpaired) electrons. The highest BCUT2D eigenvalue weighted by Gasteiger charge is 2.33. The number of anilines is 1. The maximum atomic E-state index is 12.0. The fourth-order valence-electron chi connectivity index (χ4n) is 2.30. The number of aromatic nitrogens is 2. The molecule has 0 amide bonds. The van der Waals surface area contributed by atoms with E-state index in [1.807, 2.05) is 19.9 Å². The van der Waals surface area contributed by atoms with Crippen molar-refractivity contribution in [1.29, 1.82) is 0 Å². The largest absolute Gasteiger partial charge is 0.379 e. The van der Waals surface area contributed by atoms with Crippen molar-refractivity contribution in [1.82, 2.24) is 14.3 Å². The van der Waals surface area contributed by atoms with Gasteiger partial charge in [-0.15, -0.1) is 0 Å². The quantitative estimate of drug-likeness (QED) is 0.847. The summed E-state index contributed by atoms with van der Waals surface area (Å²) in [5.41, 5.74) is 1.75. The Morgan fingerprint density at radius 1 is 1.29 bits per heavy atom. The highest BCUT2D eigenvalue weighted by Crippen LogP contribution is 2.20. The van der Waals surface area contributed by atoms with Gasteiger partial charge < -0.3 is 10.1 Å². The first-order chi connectivity index (χ1) is 9.78. The van der Waals surface area contributed by atoms with Crippen LogP contribution in [0.5, 0.6) is 0 Å². The van der Waals surface area contributed by atoms with Crippen molar-refractivity contribution in [3.05, 3.63) is 17.5 Å². The van der Waals surface area contributed by atoms with Crippen molar-refractivity contribution in [3.8, 4) is 0 Å². The van der Waals surface area contributed by atoms with Gasteiger partial charge in [-0.2, -0.15) is 0 Å². The highest BCUT2D eigenvalue weighted by atomic mass is 32.2. The van der Waals surface area contributed by atoms with Crippen LogP contribution in [-0.4, -0.2) is 61.8 Å². The topological polar surface area (TPSA) is 84.4 Å². The van der Waals surface area contributed by atoms with Gasteiger partial charge in [-0.25, -0.2) is 22.7 Å². The summed E-state index contributed by atoms with van der Waals surface area (Å²) in [4.78, 5) is 8.65. The van der Waals surface area contributed by atoms with Gasteiger partial charge in [0, 0.05) is 31.4 Å². The summed E-state index contributed by atoms with van der Waals surface area (Å²) in [6.07, 6.45) is 0. The van der Waals surface area contributed by atoms with Gasteiger partial charge in [-0.1, -0.05) is 0 Å². The molecule has 21 heavy (non-hydrogen) atoms. The maximum absolute atomic E-state index is 12.0. The minimum Gasteiger partial charge on any atom is -0.379 e. The van der Waals surface area contributed by atoms with E-state index in [1.165, 1.54) is 4.31 Å². The standard InChI is InChI=1S/C13H22N4O3S/c1-9-5-10(2)15-13(14-9)16-12-7-20-6-11(12)8-21(18,19)17(3)4/h5,11-12H,6-8H2,1-4H3,(H,14,15,16)/t11-,12+/m0/s1. The molecule has 0 spiro atoms. The SMILES string of the molecule is Cc1cc(C)nc(N[C@@H]2COC[C@H]2CS(=O)(=O)N(C)C)n1. The summed E-state index contributed by atoms with van der Waals surface area (Å²) in [6, 6.07) is 1.80. The summed E-state index contributed by atoms with van der Waals surface area (Å²) >= 11 is 0. The molecule has 1 fully saturated rings. The second-order valence-electron chi connectivity index (χ2n) is 5.58. The number of sulfonamides is 1. The van der Waals surface area contributed by atoms with Gasteiger partial charge in [0.1, 0.15) is 0 Å². The fraction of sp³-hybridized carbons (Fsp3) is 0.692. The van der Waals surface area contributed by atoms with Gasteiger partial charge in [0.25, 0.3) is 0 Å². The number of aryl methyl sites for hydroxylation is 2. The third-order valence-corrected chi connectivity index (χ3v) is 5.44. The number of nitrogens with zero attached hydrogens (tertiary/aromatic N) is 3. The van der Waals surface area contributed by atoms with E-state index < -0.39 is 10.0 Å². The lowest BCUT2D eigenvalue weighted by molar-refractivity contribution is 0.187. The minimum atomic E-state index is -3.25. The van der Waals surface area contributed by atoms with Crippen molar-refractivity contribution >= 4 is 16.0 Å². The van der Waals surface area contributed by atoms with Crippen LogP contribution in [-0.2, 0) is 14.8 Å². The van der Waals surface area contributed by atoms with Gasteiger partial charge in [0.15, 0.2) is 0 Å². The third-order valence-electron chi connectivity index (χ3n) is 3.48. The lowest BCUT2D eigenvalue weighted by Gasteiger charge is -2.21. The number of ether oxygens (including phenoxy) is 1. The molecule has 2 rings (SSSR count). The van der Waals surface area contributed by atoms with E-state index in [1.54, 1.807) is 14.1 Å². The fourth-order valence-corrected chi connectivity index (χ4v) is 3.47. The second kappa shape index (κ2) is 6.25. The summed E-state index contributed by atoms with van der Waals surface area (Å²) in [5.74, 6) is 0.472. The smallest absolute Gasteiger partial charge is 0.223 e. The molecule has 1 saturated heterocycles. The predicted molar refractivity (Wildman–Crippen MR) is 80.7 cm³/mol. The van der Waals surface area contributed by atoms with Crippen LogP contribution in [0, 0.1) is 19.8 Å². The van der Waals surface area contributed by atoms with Crippen molar-refractivity contribution in [3.63, 3.8) is 0 Å². The number of nitrogens with one attached hydrogen (secondary N) is 1. The second-order valence-corrected chi connectivity index (χ2v) is 7.81. The van der Waals surface area contributed by atoms with E-state index in [2.05, 4.69) is 15.3 Å². The van der Waals surface area contributed by atoms with E-state index in [-0.39, 0.29) is 17.7 Å². The van der Waals surface area contributed by atoms with Crippen molar-refractivity contribution < 1.29 is 13.2 Å². The molecule has 1 aliphatic rings. The first-order valence-electron chi connectivity index (χ1n) is 6.84. The van der Waals surface area contributed by atoms with Crippen LogP contribution in [0.3, 0.4) is 0 Å². The van der Waals surface area contributed by atoms with Gasteiger partial charge in [-0.3, -0.25) is 0 Å². The lowest BCUT2D eigenvalue weighted by atomic mass is 10.1. The number of hydrogen-bond acceptors (Lipinski definition) is 6. The molecular weight excluding hydrogens is 292 g/mol. The molecule has 2 heterocycles. The first-order valence-corrected chi connectivity index (χ1v) is 8.45. The van der Waals surface area contributed by atoms with E-state index in [4.69, 9.17) is 4.74 Å². The van der Waals surface area contributed by atoms with Crippen LogP contribution >= 0.6 is 0 Å². The Labute approximate surface area is 125 Å². The molecule has 0 bridgehead atoms. The molecule has 0 aromatic carbocycles. The normalized spacial score (nSPS) is 22.7. The molecular formula is C13H22N4O3S. The van der Waals surface area contributed by atoms with Crippen LogP contribution in [0.4, 0.5) is 5.95 Å². The number of rotatable bonds is 5. The maximum Gasteiger partial charge on any atom is 0.223 e. The molecule has 1 aliphatic heterocycles. The molecule has 0 saturated carbocycles. The molecule has 118 valence electrons. The first kappa shape index (κ1) is 16.1. The van der Waals surface area contributed by atoms with E-state index in [9.17, 15) is 8.42 Å². The van der Waals surface area contributed by atoms with E-state index in [0.717, 1.165) is 11.4 Å². The minimum absolute atomic E-state index is 0.0580. The molecule has 8 heteroatoms. The molecule has 1 N–H and O–H groups in total. The van der Waals surface area contributed by atoms with Gasteiger partial charge in [0.2, 0.25) is 16.0 Å². The van der Waals surface area contributed by atoms with Gasteiger partial charge in [0.05, 0.1) is 25.0 Å². The van der Waals surface area contributed by atoms with Gasteiger partial charge in [-0.05, 0) is 19.9 Å². The summed E-state index contributed by atoms with van der Waals surface area (Å²) in [6.45, 7) is 4.69. The molecule has 1 aromatic heterocycles. The Hall–Kier alpha value is -1.25. The zero-order valence-corrected chi connectivity index (χ0v) is 13.6. The number of hydrogen-bond donors (Lipinski definition) is 1. The zero-order valence-electron chi connectivity index (χ0n) is 12.8. The average molecular weight is 314 g/mol. The van der Waals surface area contributed by atoms with Crippen molar-refractivity contribution in [2.45, 2.75) is 19.9 Å². The van der Waals surface area contributed by atoms with Gasteiger partial charge >= 0.3 is 0 Å². The Morgan fingerprint density at radius 2 is 1.90 bits per heavy atom. The Morgan fingerprint density at radius 3 is 2.48 bits per heavy atom. The van der Waals surface area contributed by atoms with Crippen LogP contribution in [0.25, 0.3) is 0 Å². The molecule has 1 aromatic rings. The van der Waals surface area contributed by atoms with E-state index in [0.29, 0.717) is 19.2 Å². The Balaban J connectivity index is 2.09. The van der Waals surface area contributed by atoms with Crippen molar-refractivity contribution in [2.75, 3.05) is 38.4 Å². The summed E-state index contributed by atoms with van der Waals surface area (Å²) in [7, 11) is -0.166. The van der Waals surface area contributed by atoms with Crippen LogP contribution in [0.2, 0.25) is 0 Å². The molecule has 7 nitrogen and oxygen atoms in total. The zero-order chi connectivity index (χ0) is 15.6. The highest BCUT2D eigenvalue weighted by molar-refractivity contribution is 7.89. The van der Waals surface area contributed by atoms with Crippen LogP contribution < -0.4 is 5.32 Å². The van der Waals surface area contributed by atoms with Crippen LogP contribution in [0.15, 0.2) is 6.07 Å². The Bertz CT molecular complexity index is 583. The molecule has 2 atom stereocenters. The monoisotopic (exact) mass is 314 g/mol. The molecule has 0 unspecified atom stereocenters. The summed E-state index contributed by atoms with van der Waals surface area (Å²) in [5, 5.41) is 3.20. The Kier molecular flexibility index (Phi) is 4.80. The van der Waals surface area contributed by atoms with Crippen LogP contribution in [0.1, 0.15) is 11.4 Å². The van der Waals surface area contributed by atoms with E-state index >= 15 is 0 Å². The van der Waals surface area contributed by atoms with Crippen molar-refractivity contribution in [2.24, 2.45) is 5.92 Å². The summed E-state index contributed by atoms with van der Waals surface area (Å²) < 4.78 is 30.7. The third kappa shape index (κ3) is 4.12. The molecule has 0 aliphatic carbocycles. The average Bonchev–Trinajstić information content (AvgIpc) is 2.74.